The van der Waals surface area contributed by atoms with Crippen LogP contribution in [0.5, 0.6) is 5.75 Å². The number of fused-ring (bicyclic) bond motifs is 1. The lowest BCUT2D eigenvalue weighted by Crippen LogP contribution is -2.40. The molecule has 0 bridgehead atoms. The summed E-state index contributed by atoms with van der Waals surface area (Å²) in [6.07, 6.45) is 3.28. The standard InChI is InChI=1S/C27H27BrN2O4S/c1-5-16(3)34-21-13-12-19(28)14-18(21)15-22-25(31)30-24(17-10-8-7-9-11-17)23(26(32)33-4)20(6-2)29-27(30)35-22/h7-16,24H,5-6H2,1-4H3/b22-15+/t16-,24+/m0/s1. The van der Waals surface area contributed by atoms with Gasteiger partial charge in [-0.1, -0.05) is 71.4 Å². The number of thiazole rings is 1. The van der Waals surface area contributed by atoms with Crippen LogP contribution in [0.2, 0.25) is 0 Å². The topological polar surface area (TPSA) is 69.9 Å². The van der Waals surface area contributed by atoms with Crippen LogP contribution >= 0.6 is 27.3 Å². The lowest BCUT2D eigenvalue weighted by Gasteiger charge is -2.25. The van der Waals surface area contributed by atoms with Crippen molar-refractivity contribution in [3.8, 4) is 5.75 Å². The first kappa shape index (κ1) is 25.1. The molecule has 1 aliphatic heterocycles. The highest BCUT2D eigenvalue weighted by molar-refractivity contribution is 9.10. The van der Waals surface area contributed by atoms with E-state index in [1.807, 2.05) is 68.5 Å². The minimum absolute atomic E-state index is 0.0392. The van der Waals surface area contributed by atoms with Crippen LogP contribution in [0.1, 0.15) is 50.8 Å². The minimum atomic E-state index is -0.615. The second kappa shape index (κ2) is 10.7. The number of halogens is 1. The third kappa shape index (κ3) is 5.04. The van der Waals surface area contributed by atoms with Gasteiger partial charge in [0.1, 0.15) is 5.75 Å². The number of hydrogen-bond acceptors (Lipinski definition) is 6. The lowest BCUT2D eigenvalue weighted by molar-refractivity contribution is -0.136. The molecule has 2 heterocycles. The van der Waals surface area contributed by atoms with Gasteiger partial charge in [0, 0.05) is 10.0 Å². The van der Waals surface area contributed by atoms with Gasteiger partial charge in [-0.3, -0.25) is 9.36 Å². The zero-order valence-electron chi connectivity index (χ0n) is 20.1. The van der Waals surface area contributed by atoms with Crippen LogP contribution < -0.4 is 19.6 Å². The Morgan fingerprint density at radius 1 is 1.23 bits per heavy atom. The van der Waals surface area contributed by atoms with Gasteiger partial charge in [0.2, 0.25) is 0 Å². The molecule has 0 radical (unpaired) electrons. The molecular weight excluding hydrogens is 528 g/mol. The Bertz CT molecular complexity index is 1460. The van der Waals surface area contributed by atoms with Crippen LogP contribution in [0.25, 0.3) is 6.08 Å². The predicted octanol–water partition coefficient (Wildman–Crippen LogP) is 4.74. The first-order valence-electron chi connectivity index (χ1n) is 11.5. The quantitative estimate of drug-likeness (QED) is 0.395. The van der Waals surface area contributed by atoms with Crippen LogP contribution in [0.3, 0.4) is 0 Å². The van der Waals surface area contributed by atoms with Crippen molar-refractivity contribution in [1.29, 1.82) is 0 Å². The molecule has 182 valence electrons. The van der Waals surface area contributed by atoms with Crippen molar-refractivity contribution >= 4 is 39.3 Å². The summed E-state index contributed by atoms with van der Waals surface area (Å²) in [5, 5.41) is 0. The maximum absolute atomic E-state index is 13.8. The Balaban J connectivity index is 1.96. The smallest absolute Gasteiger partial charge is 0.338 e. The van der Waals surface area contributed by atoms with E-state index in [4.69, 9.17) is 14.5 Å². The Labute approximate surface area is 216 Å². The summed E-state index contributed by atoms with van der Waals surface area (Å²) in [4.78, 5) is 31.9. The number of ether oxygens (including phenoxy) is 2. The van der Waals surface area contributed by atoms with Crippen LogP contribution in [0.4, 0.5) is 0 Å². The van der Waals surface area contributed by atoms with Gasteiger partial charge >= 0.3 is 5.97 Å². The van der Waals surface area contributed by atoms with E-state index >= 15 is 0 Å². The molecule has 0 saturated carbocycles. The van der Waals surface area contributed by atoms with E-state index in [2.05, 4.69) is 22.9 Å². The Hall–Kier alpha value is -2.97. The van der Waals surface area contributed by atoms with E-state index in [0.717, 1.165) is 22.0 Å². The number of esters is 1. The summed E-state index contributed by atoms with van der Waals surface area (Å²) in [5.41, 5.74) is 2.42. The molecule has 35 heavy (non-hydrogen) atoms. The minimum Gasteiger partial charge on any atom is -0.490 e. The van der Waals surface area contributed by atoms with Crippen molar-refractivity contribution < 1.29 is 14.3 Å². The molecular formula is C27H27BrN2O4S. The molecule has 4 rings (SSSR count). The number of rotatable bonds is 7. The van der Waals surface area contributed by atoms with Gasteiger partial charge in [0.25, 0.3) is 5.56 Å². The maximum Gasteiger partial charge on any atom is 0.338 e. The zero-order valence-corrected chi connectivity index (χ0v) is 22.5. The number of allylic oxidation sites excluding steroid dienone is 1. The first-order valence-corrected chi connectivity index (χ1v) is 13.1. The van der Waals surface area contributed by atoms with E-state index in [-0.39, 0.29) is 11.7 Å². The first-order chi connectivity index (χ1) is 16.9. The van der Waals surface area contributed by atoms with Crippen LogP contribution in [-0.2, 0) is 9.53 Å². The highest BCUT2D eigenvalue weighted by atomic mass is 79.9. The van der Waals surface area contributed by atoms with Gasteiger partial charge in [-0.2, -0.15) is 0 Å². The van der Waals surface area contributed by atoms with Gasteiger partial charge in [-0.05, 0) is 49.6 Å². The summed E-state index contributed by atoms with van der Waals surface area (Å²) in [5.74, 6) is 0.224. The fraction of sp³-hybridized carbons (Fsp3) is 0.296. The van der Waals surface area contributed by atoms with Crippen molar-refractivity contribution in [1.82, 2.24) is 4.57 Å². The van der Waals surface area contributed by atoms with Crippen molar-refractivity contribution in [2.24, 2.45) is 4.99 Å². The Morgan fingerprint density at radius 3 is 2.63 bits per heavy atom. The summed E-state index contributed by atoms with van der Waals surface area (Å²) in [7, 11) is 1.35. The molecule has 0 amide bonds. The second-order valence-corrected chi connectivity index (χ2v) is 10.1. The number of nitrogens with zero attached hydrogens (tertiary/aromatic N) is 2. The predicted molar refractivity (Wildman–Crippen MR) is 141 cm³/mol. The fourth-order valence-corrected chi connectivity index (χ4v) is 5.39. The molecule has 3 aromatic rings. The highest BCUT2D eigenvalue weighted by Crippen LogP contribution is 2.32. The molecule has 0 fully saturated rings. The van der Waals surface area contributed by atoms with Gasteiger partial charge < -0.3 is 9.47 Å². The van der Waals surface area contributed by atoms with Crippen molar-refractivity contribution in [2.45, 2.75) is 45.8 Å². The van der Waals surface area contributed by atoms with Crippen LogP contribution in [0, 0.1) is 0 Å². The van der Waals surface area contributed by atoms with E-state index in [9.17, 15) is 9.59 Å². The van der Waals surface area contributed by atoms with E-state index in [0.29, 0.717) is 32.8 Å². The molecule has 1 aromatic heterocycles. The molecule has 0 N–H and O–H groups in total. The molecule has 6 nitrogen and oxygen atoms in total. The van der Waals surface area contributed by atoms with Gasteiger partial charge in [0.05, 0.1) is 35.1 Å². The zero-order chi connectivity index (χ0) is 25.1. The number of methoxy groups -OCH3 is 1. The monoisotopic (exact) mass is 554 g/mol. The van der Waals surface area contributed by atoms with Crippen molar-refractivity contribution in [3.63, 3.8) is 0 Å². The largest absolute Gasteiger partial charge is 0.490 e. The fourth-order valence-electron chi connectivity index (χ4n) is 4.00. The summed E-state index contributed by atoms with van der Waals surface area (Å²) in [6.45, 7) is 6.02. The molecule has 0 saturated heterocycles. The maximum atomic E-state index is 13.8. The number of hydrogen-bond donors (Lipinski definition) is 0. The van der Waals surface area contributed by atoms with Gasteiger partial charge in [0.15, 0.2) is 4.80 Å². The summed E-state index contributed by atoms with van der Waals surface area (Å²) in [6, 6.07) is 14.7. The van der Waals surface area contributed by atoms with Gasteiger partial charge in [-0.25, -0.2) is 9.79 Å². The Morgan fingerprint density at radius 2 is 1.97 bits per heavy atom. The van der Waals surface area contributed by atoms with E-state index in [1.165, 1.54) is 18.4 Å². The normalized spacial score (nSPS) is 16.5. The molecule has 2 aromatic carbocycles. The molecule has 2 atom stereocenters. The number of carbonyl (C=O) groups excluding carboxylic acids is 1. The van der Waals surface area contributed by atoms with Gasteiger partial charge in [-0.15, -0.1) is 0 Å². The number of aromatic nitrogens is 1. The van der Waals surface area contributed by atoms with Crippen LogP contribution in [-0.4, -0.2) is 23.8 Å². The number of benzene rings is 2. The van der Waals surface area contributed by atoms with Crippen LogP contribution in [0.15, 0.2) is 74.1 Å². The second-order valence-electron chi connectivity index (χ2n) is 8.22. The van der Waals surface area contributed by atoms with E-state index in [1.54, 1.807) is 4.57 Å². The summed E-state index contributed by atoms with van der Waals surface area (Å²) >= 11 is 4.83. The Kier molecular flexibility index (Phi) is 7.72. The molecule has 0 aliphatic carbocycles. The molecule has 8 heteroatoms. The average Bonchev–Trinajstić information content (AvgIpc) is 3.18. The lowest BCUT2D eigenvalue weighted by atomic mass is 9.95. The van der Waals surface area contributed by atoms with E-state index < -0.39 is 12.0 Å². The van der Waals surface area contributed by atoms with Crippen molar-refractivity contribution in [3.05, 3.63) is 95.1 Å². The van der Waals surface area contributed by atoms with Crippen molar-refractivity contribution in [2.75, 3.05) is 7.11 Å². The average molecular weight is 555 g/mol. The number of carbonyl (C=O) groups is 1. The SMILES string of the molecule is CCC1=C(C(=O)OC)[C@@H](c2ccccc2)n2c(s/c(=C/c3cc(Br)ccc3O[C@@H](C)CC)c2=O)=N1. The molecule has 1 aliphatic rings. The summed E-state index contributed by atoms with van der Waals surface area (Å²) < 4.78 is 14.2. The highest BCUT2D eigenvalue weighted by Gasteiger charge is 2.33. The molecule has 0 unspecified atom stereocenters. The molecule has 0 spiro atoms. The third-order valence-electron chi connectivity index (χ3n) is 5.93. The third-order valence-corrected chi connectivity index (χ3v) is 7.40.